The Balaban J connectivity index is 1.44. The van der Waals surface area contributed by atoms with E-state index in [1.54, 1.807) is 0 Å². The van der Waals surface area contributed by atoms with Crippen molar-refractivity contribution in [2.45, 2.75) is 37.1 Å². The van der Waals surface area contributed by atoms with Crippen molar-refractivity contribution in [2.75, 3.05) is 18.5 Å². The lowest BCUT2D eigenvalue weighted by Gasteiger charge is -2.24. The minimum Gasteiger partial charge on any atom is -0.465 e. The number of aromatic nitrogens is 2. The second-order valence-corrected chi connectivity index (χ2v) is 7.28. The van der Waals surface area contributed by atoms with Crippen LogP contribution in [0.5, 0.6) is 0 Å². The van der Waals surface area contributed by atoms with Crippen molar-refractivity contribution in [1.82, 2.24) is 9.55 Å². The molecule has 11 heteroatoms. The Morgan fingerprint density at radius 2 is 2.00 bits per heavy atom. The first-order valence-electron chi connectivity index (χ1n) is 9.14. The summed E-state index contributed by atoms with van der Waals surface area (Å²) < 4.78 is 12.8. The highest BCUT2D eigenvalue weighted by molar-refractivity contribution is 6.30. The van der Waals surface area contributed by atoms with Gasteiger partial charge in [-0.15, -0.1) is 0 Å². The standard InChI is InChI=1S/C18H22ClN5O5/c19-10-3-1-9(2-4-10)5-6-28-18-22-15(20)12-16(23-18)24(8-21-12)17-14(27)13(26)11(7-25)29-17/h1-4,8,11,13-15,17,25-27H,5-7,20H2,(H,22,23)/t11-,13-,14-,15?,17-/m1/s1. The average molecular weight is 424 g/mol. The number of hydrogen-bond donors (Lipinski definition) is 5. The van der Waals surface area contributed by atoms with Gasteiger partial charge in [-0.25, -0.2) is 9.98 Å². The van der Waals surface area contributed by atoms with Crippen molar-refractivity contribution in [2.24, 2.45) is 10.7 Å². The number of imidazole rings is 1. The molecule has 2 aliphatic heterocycles. The zero-order chi connectivity index (χ0) is 20.5. The Morgan fingerprint density at radius 1 is 1.24 bits per heavy atom. The number of amidine groups is 1. The summed E-state index contributed by atoms with van der Waals surface area (Å²) in [5.74, 6) is 0.448. The SMILES string of the molecule is NC1N=C(OCCc2ccc(Cl)cc2)Nc2c1ncn2[C@@H]1O[C@H](CO)[C@@H](O)[C@H]1O. The van der Waals surface area contributed by atoms with Gasteiger partial charge < -0.3 is 30.5 Å². The van der Waals surface area contributed by atoms with Crippen molar-refractivity contribution in [3.05, 3.63) is 46.9 Å². The number of aliphatic imine (C=N–C) groups is 1. The molecular formula is C18H22ClN5O5. The molecule has 29 heavy (non-hydrogen) atoms. The van der Waals surface area contributed by atoms with Crippen LogP contribution < -0.4 is 11.1 Å². The summed E-state index contributed by atoms with van der Waals surface area (Å²) in [7, 11) is 0. The van der Waals surface area contributed by atoms with Gasteiger partial charge in [0.15, 0.2) is 6.23 Å². The summed E-state index contributed by atoms with van der Waals surface area (Å²) in [5, 5.41) is 33.3. The molecule has 1 fully saturated rings. The topological polar surface area (TPSA) is 147 Å². The van der Waals surface area contributed by atoms with Crippen LogP contribution in [0.3, 0.4) is 0 Å². The molecule has 2 aromatic rings. The van der Waals surface area contributed by atoms with Crippen molar-refractivity contribution in [3.63, 3.8) is 0 Å². The maximum absolute atomic E-state index is 10.3. The minimum absolute atomic E-state index is 0.215. The molecule has 4 rings (SSSR count). The van der Waals surface area contributed by atoms with Crippen LogP contribution in [0.15, 0.2) is 35.6 Å². The van der Waals surface area contributed by atoms with Crippen LogP contribution >= 0.6 is 11.6 Å². The number of halogens is 1. The maximum atomic E-state index is 10.3. The molecule has 0 saturated carbocycles. The number of anilines is 1. The second-order valence-electron chi connectivity index (χ2n) is 6.84. The minimum atomic E-state index is -1.24. The number of aliphatic hydroxyl groups excluding tert-OH is 3. The normalized spacial score (nSPS) is 28.6. The van der Waals surface area contributed by atoms with E-state index in [-0.39, 0.29) is 6.02 Å². The van der Waals surface area contributed by atoms with Crippen molar-refractivity contribution < 1.29 is 24.8 Å². The number of fused-ring (bicyclic) bond motifs is 1. The Bertz CT molecular complexity index is 889. The third-order valence-electron chi connectivity index (χ3n) is 4.92. The number of ether oxygens (including phenoxy) is 2. The summed E-state index contributed by atoms with van der Waals surface area (Å²) in [6.45, 7) is -0.0589. The molecule has 5 atom stereocenters. The first kappa shape index (κ1) is 20.1. The molecule has 0 amide bonds. The molecule has 0 radical (unpaired) electrons. The Kier molecular flexibility index (Phi) is 5.72. The van der Waals surface area contributed by atoms with Gasteiger partial charge >= 0.3 is 0 Å². The van der Waals surface area contributed by atoms with Crippen LogP contribution in [0.1, 0.15) is 23.7 Å². The zero-order valence-electron chi connectivity index (χ0n) is 15.3. The monoisotopic (exact) mass is 423 g/mol. The molecular weight excluding hydrogens is 402 g/mol. The van der Waals surface area contributed by atoms with E-state index in [0.29, 0.717) is 29.6 Å². The quantitative estimate of drug-likeness (QED) is 0.456. The van der Waals surface area contributed by atoms with Gasteiger partial charge in [-0.05, 0) is 17.7 Å². The van der Waals surface area contributed by atoms with E-state index in [1.807, 2.05) is 24.3 Å². The molecule has 0 aliphatic carbocycles. The van der Waals surface area contributed by atoms with Crippen molar-refractivity contribution in [1.29, 1.82) is 0 Å². The average Bonchev–Trinajstić information content (AvgIpc) is 3.25. The van der Waals surface area contributed by atoms with Gasteiger partial charge in [-0.2, -0.15) is 0 Å². The van der Waals surface area contributed by atoms with Crippen LogP contribution in [-0.4, -0.2) is 62.4 Å². The first-order chi connectivity index (χ1) is 14.0. The molecule has 3 heterocycles. The van der Waals surface area contributed by atoms with E-state index in [1.165, 1.54) is 10.9 Å². The van der Waals surface area contributed by atoms with E-state index in [0.717, 1.165) is 5.56 Å². The highest BCUT2D eigenvalue weighted by Gasteiger charge is 2.44. The first-order valence-corrected chi connectivity index (χ1v) is 9.52. The highest BCUT2D eigenvalue weighted by Crippen LogP contribution is 2.35. The van der Waals surface area contributed by atoms with E-state index in [4.69, 9.17) is 26.8 Å². The van der Waals surface area contributed by atoms with Crippen LogP contribution in [-0.2, 0) is 15.9 Å². The molecule has 1 saturated heterocycles. The lowest BCUT2D eigenvalue weighted by molar-refractivity contribution is -0.0518. The molecule has 10 nitrogen and oxygen atoms in total. The van der Waals surface area contributed by atoms with Crippen LogP contribution in [0.2, 0.25) is 5.02 Å². The Hall–Kier alpha value is -2.21. The Labute approximate surface area is 171 Å². The van der Waals surface area contributed by atoms with Gasteiger partial charge in [-0.1, -0.05) is 23.7 Å². The largest absolute Gasteiger partial charge is 0.465 e. The lowest BCUT2D eigenvalue weighted by Crippen LogP contribution is -2.34. The molecule has 156 valence electrons. The summed E-state index contributed by atoms with van der Waals surface area (Å²) in [6.07, 6.45) is -2.96. The van der Waals surface area contributed by atoms with Crippen LogP contribution in [0.4, 0.5) is 5.82 Å². The summed E-state index contributed by atoms with van der Waals surface area (Å²) >= 11 is 5.89. The number of benzene rings is 1. The maximum Gasteiger partial charge on any atom is 0.292 e. The molecule has 2 aliphatic rings. The van der Waals surface area contributed by atoms with Gasteiger partial charge in [-0.3, -0.25) is 9.88 Å². The molecule has 0 spiro atoms. The molecule has 1 unspecified atom stereocenters. The van der Waals surface area contributed by atoms with Gasteiger partial charge in [0, 0.05) is 11.4 Å². The summed E-state index contributed by atoms with van der Waals surface area (Å²) in [4.78, 5) is 8.47. The second kappa shape index (κ2) is 8.27. The number of nitrogens with one attached hydrogen (secondary N) is 1. The molecule has 1 aromatic heterocycles. The molecule has 1 aromatic carbocycles. The van der Waals surface area contributed by atoms with Gasteiger partial charge in [0.25, 0.3) is 6.02 Å². The lowest BCUT2D eigenvalue weighted by atomic mass is 10.1. The van der Waals surface area contributed by atoms with Crippen molar-refractivity contribution in [3.8, 4) is 0 Å². The highest BCUT2D eigenvalue weighted by atomic mass is 35.5. The van der Waals surface area contributed by atoms with Crippen LogP contribution in [0.25, 0.3) is 0 Å². The molecule has 6 N–H and O–H groups in total. The smallest absolute Gasteiger partial charge is 0.292 e. The summed E-state index contributed by atoms with van der Waals surface area (Å²) in [6, 6.07) is 7.68. The predicted molar refractivity (Wildman–Crippen MR) is 104 cm³/mol. The van der Waals surface area contributed by atoms with E-state index >= 15 is 0 Å². The van der Waals surface area contributed by atoms with E-state index in [2.05, 4.69) is 15.3 Å². The van der Waals surface area contributed by atoms with Crippen LogP contribution in [0, 0.1) is 0 Å². The van der Waals surface area contributed by atoms with Crippen molar-refractivity contribution >= 4 is 23.4 Å². The number of rotatable bonds is 5. The van der Waals surface area contributed by atoms with E-state index < -0.39 is 37.3 Å². The fraction of sp³-hybridized carbons (Fsp3) is 0.444. The number of hydrogen-bond acceptors (Lipinski definition) is 9. The van der Waals surface area contributed by atoms with Gasteiger partial charge in [0.2, 0.25) is 0 Å². The molecule has 0 bridgehead atoms. The third kappa shape index (κ3) is 3.95. The fourth-order valence-electron chi connectivity index (χ4n) is 3.33. The fourth-order valence-corrected chi connectivity index (χ4v) is 3.46. The number of nitrogens with zero attached hydrogens (tertiary/aromatic N) is 3. The number of aliphatic hydroxyl groups is 3. The third-order valence-corrected chi connectivity index (χ3v) is 5.17. The Morgan fingerprint density at radius 3 is 2.69 bits per heavy atom. The van der Waals surface area contributed by atoms with E-state index in [9.17, 15) is 15.3 Å². The van der Waals surface area contributed by atoms with Gasteiger partial charge in [0.1, 0.15) is 36.0 Å². The van der Waals surface area contributed by atoms with Gasteiger partial charge in [0.05, 0.1) is 19.5 Å². The number of nitrogens with two attached hydrogens (primary N) is 1. The summed E-state index contributed by atoms with van der Waals surface area (Å²) in [5.41, 5.74) is 7.59. The zero-order valence-corrected chi connectivity index (χ0v) is 16.1. The predicted octanol–water partition coefficient (Wildman–Crippen LogP) is 0.146.